The number of likely N-dealkylation sites (tertiary alicyclic amines) is 1. The van der Waals surface area contributed by atoms with Crippen LogP contribution in [0.2, 0.25) is 0 Å². The molecule has 1 aliphatic heterocycles. The lowest BCUT2D eigenvalue weighted by Gasteiger charge is -2.26. The highest BCUT2D eigenvalue weighted by Gasteiger charge is 2.33. The zero-order chi connectivity index (χ0) is 14.0. The molecule has 0 aromatic heterocycles. The fourth-order valence-electron chi connectivity index (χ4n) is 2.24. The minimum atomic E-state index is -0.973. The quantitative estimate of drug-likeness (QED) is 0.843. The smallest absolute Gasteiger partial charge is 0.309 e. The van der Waals surface area contributed by atoms with Crippen LogP contribution in [0.5, 0.6) is 0 Å². The maximum Gasteiger partial charge on any atom is 0.309 e. The van der Waals surface area contributed by atoms with Gasteiger partial charge in [0.2, 0.25) is 5.91 Å². The van der Waals surface area contributed by atoms with Crippen molar-refractivity contribution < 1.29 is 14.7 Å². The van der Waals surface area contributed by atoms with Crippen molar-refractivity contribution >= 4 is 11.9 Å². The van der Waals surface area contributed by atoms with E-state index in [-0.39, 0.29) is 17.7 Å². The molecule has 1 aliphatic rings. The Balaban J connectivity index is 2.60. The third-order valence-corrected chi connectivity index (χ3v) is 3.86. The standard InChI is InChI=1S/C14H25NO3/c1-13(2)6-5-8-15(9-7-13)11(16)10-14(3,4)12(17)18/h5-10H2,1-4H3,(H,17,18). The summed E-state index contributed by atoms with van der Waals surface area (Å²) in [6, 6.07) is 0. The van der Waals surface area contributed by atoms with Crippen LogP contribution >= 0.6 is 0 Å². The maximum absolute atomic E-state index is 12.1. The molecule has 0 spiro atoms. The molecule has 0 atom stereocenters. The molecular formula is C14H25NO3. The lowest BCUT2D eigenvalue weighted by atomic mass is 9.85. The average molecular weight is 255 g/mol. The third kappa shape index (κ3) is 4.00. The molecule has 0 aromatic rings. The summed E-state index contributed by atoms with van der Waals surface area (Å²) in [6.45, 7) is 9.17. The van der Waals surface area contributed by atoms with E-state index in [1.165, 1.54) is 0 Å². The van der Waals surface area contributed by atoms with Crippen molar-refractivity contribution in [3.8, 4) is 0 Å². The van der Waals surface area contributed by atoms with Gasteiger partial charge in [0.15, 0.2) is 0 Å². The van der Waals surface area contributed by atoms with E-state index in [0.717, 1.165) is 32.4 Å². The van der Waals surface area contributed by atoms with Gasteiger partial charge in [-0.3, -0.25) is 9.59 Å². The number of aliphatic carboxylic acids is 1. The number of carbonyl (C=O) groups is 2. The maximum atomic E-state index is 12.1. The van der Waals surface area contributed by atoms with Gasteiger partial charge in [0, 0.05) is 19.5 Å². The van der Waals surface area contributed by atoms with Crippen molar-refractivity contribution in [2.45, 2.75) is 53.4 Å². The summed E-state index contributed by atoms with van der Waals surface area (Å²) < 4.78 is 0. The Morgan fingerprint density at radius 3 is 2.39 bits per heavy atom. The molecule has 4 heteroatoms. The van der Waals surface area contributed by atoms with Crippen molar-refractivity contribution in [1.82, 2.24) is 4.90 Å². The number of carboxylic acids is 1. The van der Waals surface area contributed by atoms with Gasteiger partial charge in [0.25, 0.3) is 0 Å². The highest BCUT2D eigenvalue weighted by Crippen LogP contribution is 2.31. The first-order chi connectivity index (χ1) is 8.14. The number of rotatable bonds is 3. The van der Waals surface area contributed by atoms with Gasteiger partial charge in [-0.25, -0.2) is 0 Å². The molecule has 18 heavy (non-hydrogen) atoms. The molecule has 0 aliphatic carbocycles. The molecule has 1 N–H and O–H groups in total. The van der Waals surface area contributed by atoms with Gasteiger partial charge in [-0.2, -0.15) is 0 Å². The van der Waals surface area contributed by atoms with E-state index >= 15 is 0 Å². The van der Waals surface area contributed by atoms with Crippen LogP contribution in [-0.4, -0.2) is 35.0 Å². The fourth-order valence-corrected chi connectivity index (χ4v) is 2.24. The first-order valence-electron chi connectivity index (χ1n) is 6.65. The highest BCUT2D eigenvalue weighted by molar-refractivity contribution is 5.84. The van der Waals surface area contributed by atoms with E-state index < -0.39 is 11.4 Å². The molecule has 1 rings (SSSR count). The van der Waals surface area contributed by atoms with Gasteiger partial charge in [-0.05, 0) is 38.5 Å². The summed E-state index contributed by atoms with van der Waals surface area (Å²) in [5.74, 6) is -0.939. The second-order valence-electron chi connectivity index (χ2n) is 6.76. The van der Waals surface area contributed by atoms with Crippen LogP contribution in [0.25, 0.3) is 0 Å². The predicted octanol–water partition coefficient (Wildman–Crippen LogP) is 2.53. The van der Waals surface area contributed by atoms with Gasteiger partial charge < -0.3 is 10.0 Å². The van der Waals surface area contributed by atoms with Crippen LogP contribution < -0.4 is 0 Å². The van der Waals surface area contributed by atoms with E-state index in [0.29, 0.717) is 0 Å². The number of carbonyl (C=O) groups excluding carboxylic acids is 1. The molecule has 1 saturated heterocycles. The number of amides is 1. The van der Waals surface area contributed by atoms with E-state index in [4.69, 9.17) is 5.11 Å². The lowest BCUT2D eigenvalue weighted by Crippen LogP contribution is -2.37. The number of nitrogens with zero attached hydrogens (tertiary/aromatic N) is 1. The van der Waals surface area contributed by atoms with Crippen LogP contribution in [-0.2, 0) is 9.59 Å². The summed E-state index contributed by atoms with van der Waals surface area (Å²) in [7, 11) is 0. The first-order valence-corrected chi connectivity index (χ1v) is 6.65. The molecule has 1 fully saturated rings. The van der Waals surface area contributed by atoms with Crippen molar-refractivity contribution in [1.29, 1.82) is 0 Å². The summed E-state index contributed by atoms with van der Waals surface area (Å²) in [5, 5.41) is 9.06. The van der Waals surface area contributed by atoms with Crippen LogP contribution in [0.15, 0.2) is 0 Å². The molecular weight excluding hydrogens is 230 g/mol. The first kappa shape index (κ1) is 15.0. The predicted molar refractivity (Wildman–Crippen MR) is 70.2 cm³/mol. The molecule has 0 aromatic carbocycles. The van der Waals surface area contributed by atoms with Crippen LogP contribution in [0.3, 0.4) is 0 Å². The van der Waals surface area contributed by atoms with Crippen LogP contribution in [0.1, 0.15) is 53.4 Å². The summed E-state index contributed by atoms with van der Waals surface area (Å²) in [5.41, 5.74) is -0.684. The fraction of sp³-hybridized carbons (Fsp3) is 0.857. The summed E-state index contributed by atoms with van der Waals surface area (Å²) in [6.07, 6.45) is 3.21. The second kappa shape index (κ2) is 5.29. The Labute approximate surface area is 109 Å². The average Bonchev–Trinajstić information content (AvgIpc) is 2.38. The Morgan fingerprint density at radius 1 is 1.22 bits per heavy atom. The van der Waals surface area contributed by atoms with Crippen molar-refractivity contribution in [3.05, 3.63) is 0 Å². The molecule has 0 bridgehead atoms. The van der Waals surface area contributed by atoms with Gasteiger partial charge in [-0.1, -0.05) is 13.8 Å². The number of carboxylic acid groups (broad SMARTS) is 1. The molecule has 0 saturated carbocycles. The van der Waals surface area contributed by atoms with Crippen molar-refractivity contribution in [3.63, 3.8) is 0 Å². The number of hydrogen-bond donors (Lipinski definition) is 1. The van der Waals surface area contributed by atoms with Crippen molar-refractivity contribution in [2.24, 2.45) is 10.8 Å². The molecule has 4 nitrogen and oxygen atoms in total. The minimum absolute atomic E-state index is 0.0277. The van der Waals surface area contributed by atoms with E-state index in [1.54, 1.807) is 13.8 Å². The monoisotopic (exact) mass is 255 g/mol. The Kier molecular flexibility index (Phi) is 4.41. The SMILES string of the molecule is CC1(C)CCCN(C(=O)CC(C)(C)C(=O)O)CC1. The van der Waals surface area contributed by atoms with Gasteiger partial charge in [-0.15, -0.1) is 0 Å². The molecule has 1 amide bonds. The van der Waals surface area contributed by atoms with Gasteiger partial charge in [0.1, 0.15) is 0 Å². The van der Waals surface area contributed by atoms with Gasteiger partial charge in [0.05, 0.1) is 5.41 Å². The lowest BCUT2D eigenvalue weighted by molar-refractivity contribution is -0.151. The minimum Gasteiger partial charge on any atom is -0.481 e. The zero-order valence-electron chi connectivity index (χ0n) is 12.0. The van der Waals surface area contributed by atoms with Crippen LogP contribution in [0, 0.1) is 10.8 Å². The number of hydrogen-bond acceptors (Lipinski definition) is 2. The van der Waals surface area contributed by atoms with E-state index in [9.17, 15) is 9.59 Å². The molecule has 0 unspecified atom stereocenters. The Hall–Kier alpha value is -1.06. The zero-order valence-corrected chi connectivity index (χ0v) is 12.0. The molecule has 104 valence electrons. The summed E-state index contributed by atoms with van der Waals surface area (Å²) >= 11 is 0. The largest absolute Gasteiger partial charge is 0.481 e. The second-order valence-corrected chi connectivity index (χ2v) is 6.76. The topological polar surface area (TPSA) is 57.6 Å². The van der Waals surface area contributed by atoms with E-state index in [2.05, 4.69) is 13.8 Å². The van der Waals surface area contributed by atoms with E-state index in [1.807, 2.05) is 4.90 Å². The van der Waals surface area contributed by atoms with Crippen LogP contribution in [0.4, 0.5) is 0 Å². The van der Waals surface area contributed by atoms with Crippen molar-refractivity contribution in [2.75, 3.05) is 13.1 Å². The third-order valence-electron chi connectivity index (χ3n) is 3.86. The highest BCUT2D eigenvalue weighted by atomic mass is 16.4. The van der Waals surface area contributed by atoms with Gasteiger partial charge >= 0.3 is 5.97 Å². The normalized spacial score (nSPS) is 20.3. The Morgan fingerprint density at radius 2 is 1.83 bits per heavy atom. The molecule has 0 radical (unpaired) electrons. The molecule has 1 heterocycles. The summed E-state index contributed by atoms with van der Waals surface area (Å²) in [4.78, 5) is 25.0. The Bertz CT molecular complexity index is 334.